The zero-order chi connectivity index (χ0) is 9.84. The van der Waals surface area contributed by atoms with Crippen LogP contribution in [0, 0.1) is 5.92 Å². The van der Waals surface area contributed by atoms with E-state index in [0.29, 0.717) is 13.1 Å². The lowest BCUT2D eigenvalue weighted by Gasteiger charge is -2.16. The van der Waals surface area contributed by atoms with Gasteiger partial charge in [-0.05, 0) is 6.42 Å². The Morgan fingerprint density at radius 2 is 2.46 bits per heavy atom. The molecule has 1 heterocycles. The molecule has 1 aliphatic rings. The van der Waals surface area contributed by atoms with E-state index in [2.05, 4.69) is 4.74 Å². The molecule has 2 unspecified atom stereocenters. The zero-order valence-corrected chi connectivity index (χ0v) is 7.60. The van der Waals surface area contributed by atoms with Crippen LogP contribution in [0.25, 0.3) is 0 Å². The van der Waals surface area contributed by atoms with Crippen LogP contribution in [-0.2, 0) is 14.3 Å². The van der Waals surface area contributed by atoms with Crippen LogP contribution in [0.5, 0.6) is 0 Å². The Morgan fingerprint density at radius 3 is 2.92 bits per heavy atom. The lowest BCUT2D eigenvalue weighted by atomic mass is 10.0. The van der Waals surface area contributed by atoms with Crippen molar-refractivity contribution in [2.24, 2.45) is 11.7 Å². The normalized spacial score (nSPS) is 24.2. The van der Waals surface area contributed by atoms with Crippen molar-refractivity contribution in [3.05, 3.63) is 0 Å². The summed E-state index contributed by atoms with van der Waals surface area (Å²) in [6, 6.07) is -0.602. The number of likely N-dealkylation sites (tertiary alicyclic amines) is 1. The molecule has 1 fully saturated rings. The van der Waals surface area contributed by atoms with Gasteiger partial charge in [-0.15, -0.1) is 0 Å². The zero-order valence-electron chi connectivity index (χ0n) is 7.60. The van der Waals surface area contributed by atoms with Gasteiger partial charge in [-0.2, -0.15) is 0 Å². The molecule has 5 heteroatoms. The summed E-state index contributed by atoms with van der Waals surface area (Å²) in [6.07, 6.45) is 1.55. The first-order valence-corrected chi connectivity index (χ1v) is 4.21. The van der Waals surface area contributed by atoms with Gasteiger partial charge in [-0.1, -0.05) is 0 Å². The number of methoxy groups -OCH3 is 1. The lowest BCUT2D eigenvalue weighted by Crippen LogP contribution is -2.40. The molecule has 2 N–H and O–H groups in total. The van der Waals surface area contributed by atoms with Gasteiger partial charge in [0.1, 0.15) is 6.04 Å². The van der Waals surface area contributed by atoms with Crippen LogP contribution in [0.1, 0.15) is 6.42 Å². The van der Waals surface area contributed by atoms with E-state index in [0.717, 1.165) is 12.8 Å². The molecule has 13 heavy (non-hydrogen) atoms. The summed E-state index contributed by atoms with van der Waals surface area (Å²) in [7, 11) is 1.31. The third kappa shape index (κ3) is 2.18. The molecule has 0 aromatic carbocycles. The van der Waals surface area contributed by atoms with E-state index in [1.165, 1.54) is 7.11 Å². The molecule has 0 spiro atoms. The first kappa shape index (κ1) is 9.98. The minimum atomic E-state index is -0.602. The van der Waals surface area contributed by atoms with Gasteiger partial charge in [0.15, 0.2) is 0 Å². The van der Waals surface area contributed by atoms with Crippen molar-refractivity contribution >= 4 is 12.4 Å². The van der Waals surface area contributed by atoms with E-state index in [-0.39, 0.29) is 5.92 Å². The molecule has 0 radical (unpaired) electrons. The van der Waals surface area contributed by atoms with Gasteiger partial charge in [-0.25, -0.2) is 0 Å². The van der Waals surface area contributed by atoms with E-state index in [9.17, 15) is 9.59 Å². The third-order valence-corrected chi connectivity index (χ3v) is 2.39. The van der Waals surface area contributed by atoms with Gasteiger partial charge in [-0.3, -0.25) is 9.59 Å². The second-order valence-electron chi connectivity index (χ2n) is 3.20. The first-order chi connectivity index (χ1) is 6.19. The molecule has 1 amide bonds. The average Bonchev–Trinajstić information content (AvgIpc) is 2.63. The number of carbonyl (C=O) groups is 2. The maximum absolute atomic E-state index is 11.0. The number of nitrogens with zero attached hydrogens (tertiary/aromatic N) is 1. The second kappa shape index (κ2) is 4.23. The fourth-order valence-corrected chi connectivity index (χ4v) is 1.53. The highest BCUT2D eigenvalue weighted by Crippen LogP contribution is 2.17. The van der Waals surface area contributed by atoms with Crippen molar-refractivity contribution in [2.45, 2.75) is 12.5 Å². The predicted molar refractivity (Wildman–Crippen MR) is 45.7 cm³/mol. The van der Waals surface area contributed by atoms with Crippen LogP contribution in [-0.4, -0.2) is 43.5 Å². The Bertz CT molecular complexity index is 208. The van der Waals surface area contributed by atoms with Crippen molar-refractivity contribution in [3.63, 3.8) is 0 Å². The molecule has 0 aliphatic carbocycles. The van der Waals surface area contributed by atoms with Crippen molar-refractivity contribution in [1.29, 1.82) is 0 Å². The maximum atomic E-state index is 11.0. The summed E-state index contributed by atoms with van der Waals surface area (Å²) in [5.41, 5.74) is 5.63. The predicted octanol–water partition coefficient (Wildman–Crippen LogP) is -1.03. The maximum Gasteiger partial charge on any atom is 0.322 e. The van der Waals surface area contributed by atoms with E-state index < -0.39 is 12.0 Å². The van der Waals surface area contributed by atoms with Gasteiger partial charge in [0, 0.05) is 19.0 Å². The topological polar surface area (TPSA) is 72.6 Å². The molecule has 1 rings (SSSR count). The smallest absolute Gasteiger partial charge is 0.322 e. The number of ether oxygens (including phenoxy) is 1. The minimum Gasteiger partial charge on any atom is -0.468 e. The fraction of sp³-hybridized carbons (Fsp3) is 0.750. The summed E-state index contributed by atoms with van der Waals surface area (Å²) < 4.78 is 4.52. The summed E-state index contributed by atoms with van der Waals surface area (Å²) in [5, 5.41) is 0. The monoisotopic (exact) mass is 186 g/mol. The summed E-state index contributed by atoms with van der Waals surface area (Å²) in [4.78, 5) is 23.0. The fourth-order valence-electron chi connectivity index (χ4n) is 1.53. The minimum absolute atomic E-state index is 0.0395. The van der Waals surface area contributed by atoms with Crippen LogP contribution in [0.15, 0.2) is 0 Å². The summed E-state index contributed by atoms with van der Waals surface area (Å²) in [6.45, 7) is 1.23. The second-order valence-corrected chi connectivity index (χ2v) is 3.20. The number of hydrogen-bond acceptors (Lipinski definition) is 4. The number of hydrogen-bond donors (Lipinski definition) is 1. The van der Waals surface area contributed by atoms with Gasteiger partial charge >= 0.3 is 5.97 Å². The largest absolute Gasteiger partial charge is 0.468 e. The lowest BCUT2D eigenvalue weighted by molar-refractivity contribution is -0.143. The molecule has 1 saturated heterocycles. The first-order valence-electron chi connectivity index (χ1n) is 4.21. The Labute approximate surface area is 76.8 Å². The third-order valence-electron chi connectivity index (χ3n) is 2.39. The molecule has 0 saturated carbocycles. The van der Waals surface area contributed by atoms with Crippen molar-refractivity contribution in [1.82, 2.24) is 4.90 Å². The van der Waals surface area contributed by atoms with E-state index in [4.69, 9.17) is 5.73 Å². The highest BCUT2D eigenvalue weighted by atomic mass is 16.5. The standard InChI is InChI=1S/C8H14N2O3/c1-13-8(12)7(9)6-2-3-10(4-6)5-11/h5-7H,2-4,9H2,1H3. The van der Waals surface area contributed by atoms with E-state index in [1.54, 1.807) is 4.90 Å². The number of rotatable bonds is 3. The van der Waals surface area contributed by atoms with E-state index in [1.807, 2.05) is 0 Å². The van der Waals surface area contributed by atoms with E-state index >= 15 is 0 Å². The highest BCUT2D eigenvalue weighted by molar-refractivity contribution is 5.75. The molecule has 74 valence electrons. The molecule has 0 bridgehead atoms. The Hall–Kier alpha value is -1.10. The van der Waals surface area contributed by atoms with Crippen molar-refractivity contribution < 1.29 is 14.3 Å². The Morgan fingerprint density at radius 1 is 1.77 bits per heavy atom. The number of carbonyl (C=O) groups excluding carboxylic acids is 2. The number of amides is 1. The molecule has 2 atom stereocenters. The SMILES string of the molecule is COC(=O)C(N)C1CCN(C=O)C1. The highest BCUT2D eigenvalue weighted by Gasteiger charge is 2.31. The Kier molecular flexibility index (Phi) is 3.25. The van der Waals surface area contributed by atoms with Gasteiger partial charge in [0.25, 0.3) is 0 Å². The van der Waals surface area contributed by atoms with Gasteiger partial charge in [0.05, 0.1) is 7.11 Å². The van der Waals surface area contributed by atoms with Crippen LogP contribution in [0.4, 0.5) is 0 Å². The number of esters is 1. The molecular weight excluding hydrogens is 172 g/mol. The summed E-state index contributed by atoms with van der Waals surface area (Å²) in [5.74, 6) is -0.365. The molecular formula is C8H14N2O3. The average molecular weight is 186 g/mol. The Balaban J connectivity index is 2.45. The summed E-state index contributed by atoms with van der Waals surface area (Å²) >= 11 is 0. The van der Waals surface area contributed by atoms with Gasteiger partial charge < -0.3 is 15.4 Å². The number of nitrogens with two attached hydrogens (primary N) is 1. The molecule has 1 aliphatic heterocycles. The van der Waals surface area contributed by atoms with Crippen LogP contribution >= 0.6 is 0 Å². The van der Waals surface area contributed by atoms with Crippen LogP contribution < -0.4 is 5.73 Å². The quantitative estimate of drug-likeness (QED) is 0.451. The van der Waals surface area contributed by atoms with Gasteiger partial charge in [0.2, 0.25) is 6.41 Å². The van der Waals surface area contributed by atoms with Crippen LogP contribution in [0.2, 0.25) is 0 Å². The van der Waals surface area contributed by atoms with Crippen molar-refractivity contribution in [2.75, 3.05) is 20.2 Å². The van der Waals surface area contributed by atoms with Crippen LogP contribution in [0.3, 0.4) is 0 Å². The molecule has 0 aromatic heterocycles. The molecule has 0 aromatic rings. The van der Waals surface area contributed by atoms with Crippen molar-refractivity contribution in [3.8, 4) is 0 Å². The molecule has 5 nitrogen and oxygen atoms in total.